The third-order valence-corrected chi connectivity index (χ3v) is 4.30. The normalized spacial score (nSPS) is 13.2. The number of amides is 1. The molecule has 9 nitrogen and oxygen atoms in total. The Balaban J connectivity index is 1.70. The molecule has 32 heavy (non-hydrogen) atoms. The minimum atomic E-state index is -0.982. The Morgan fingerprint density at radius 1 is 1.34 bits per heavy atom. The number of halogens is 2. The van der Waals surface area contributed by atoms with Crippen molar-refractivity contribution in [1.29, 1.82) is 5.41 Å². The zero-order valence-corrected chi connectivity index (χ0v) is 17.9. The van der Waals surface area contributed by atoms with Crippen molar-refractivity contribution in [2.45, 2.75) is 11.9 Å². The summed E-state index contributed by atoms with van der Waals surface area (Å²) < 4.78 is 34.4. The maximum Gasteiger partial charge on any atom is 0.414 e. The van der Waals surface area contributed by atoms with Crippen LogP contribution in [0.4, 0.5) is 19.4 Å². The standard InChI is InChI=1S/C18H21B3F2N6O3/c19-18(20,21)32-28-11-6-29(7-11)15-13(22)4-10(5-26-15)12-3-1-2-9(14(12)23)8-31-17(30)27-16(24)25/h1-5H,6-8,19-21H2,(H4,24,25,27,30). The molecule has 1 aliphatic heterocycles. The largest absolute Gasteiger partial charge is 0.444 e. The first-order valence-corrected chi connectivity index (χ1v) is 9.73. The molecule has 0 atom stereocenters. The summed E-state index contributed by atoms with van der Waals surface area (Å²) in [6.07, 6.45) is 0.398. The van der Waals surface area contributed by atoms with Gasteiger partial charge in [-0.15, -0.1) is 0 Å². The smallest absolute Gasteiger partial charge is 0.414 e. The summed E-state index contributed by atoms with van der Waals surface area (Å²) in [4.78, 5) is 22.6. The molecule has 4 N–H and O–H groups in total. The first-order chi connectivity index (χ1) is 15.0. The predicted octanol–water partition coefficient (Wildman–Crippen LogP) is -1.15. The fourth-order valence-electron chi connectivity index (χ4n) is 2.82. The number of hydrogen-bond donors (Lipinski definition) is 3. The number of rotatable bonds is 6. The van der Waals surface area contributed by atoms with Crippen LogP contribution in [-0.2, 0) is 16.2 Å². The molecule has 1 aromatic carbocycles. The minimum absolute atomic E-state index is 0.0770. The maximum absolute atomic E-state index is 14.9. The number of aromatic nitrogens is 1. The van der Waals surface area contributed by atoms with Gasteiger partial charge in [0.25, 0.3) is 0 Å². The summed E-state index contributed by atoms with van der Waals surface area (Å²) in [6.45, 7) is 0.394. The average Bonchev–Trinajstić information content (AvgIpc) is 2.65. The average molecular weight is 440 g/mol. The number of pyridine rings is 1. The molecule has 1 aromatic heterocycles. The van der Waals surface area contributed by atoms with Gasteiger partial charge in [0.05, 0.1) is 18.8 Å². The minimum Gasteiger partial charge on any atom is -0.444 e. The number of guanidine groups is 1. The Morgan fingerprint density at radius 3 is 2.69 bits per heavy atom. The summed E-state index contributed by atoms with van der Waals surface area (Å²) in [6, 6.07) is 5.66. The second kappa shape index (κ2) is 9.29. The molecule has 0 spiro atoms. The third-order valence-electron chi connectivity index (χ3n) is 4.30. The number of carbonyl (C=O) groups excluding carboxylic acids is 1. The molecule has 0 saturated carbocycles. The van der Waals surface area contributed by atoms with Crippen molar-refractivity contribution in [3.8, 4) is 11.1 Å². The number of ether oxygens (including phenoxy) is 1. The molecule has 164 valence electrons. The van der Waals surface area contributed by atoms with Crippen molar-refractivity contribution in [3.63, 3.8) is 0 Å². The number of nitrogens with two attached hydrogens (primary N) is 1. The number of nitrogens with one attached hydrogen (secondary N) is 2. The van der Waals surface area contributed by atoms with Gasteiger partial charge in [-0.25, -0.2) is 18.6 Å². The van der Waals surface area contributed by atoms with Gasteiger partial charge in [0.2, 0.25) is 0 Å². The maximum atomic E-state index is 14.9. The Bertz CT molecular complexity index is 1070. The van der Waals surface area contributed by atoms with E-state index in [0.717, 1.165) is 5.71 Å². The van der Waals surface area contributed by atoms with Crippen LogP contribution in [0.3, 0.4) is 0 Å². The van der Waals surface area contributed by atoms with E-state index in [1.54, 1.807) is 11.0 Å². The quantitative estimate of drug-likeness (QED) is 0.226. The van der Waals surface area contributed by atoms with E-state index in [9.17, 15) is 13.6 Å². The van der Waals surface area contributed by atoms with Crippen LogP contribution in [0.15, 0.2) is 35.6 Å². The molecule has 1 fully saturated rings. The molecule has 2 aromatic rings. The van der Waals surface area contributed by atoms with E-state index in [-0.39, 0.29) is 29.1 Å². The van der Waals surface area contributed by atoms with Gasteiger partial charge in [0.15, 0.2) is 17.6 Å². The number of alkyl carbamates (subject to hydrolysis) is 1. The van der Waals surface area contributed by atoms with E-state index >= 15 is 0 Å². The van der Waals surface area contributed by atoms with Crippen molar-refractivity contribution < 1.29 is 23.1 Å². The zero-order valence-electron chi connectivity index (χ0n) is 17.9. The van der Waals surface area contributed by atoms with Crippen molar-refractivity contribution in [2.75, 3.05) is 18.0 Å². The van der Waals surface area contributed by atoms with E-state index in [4.69, 9.17) is 20.7 Å². The fourth-order valence-corrected chi connectivity index (χ4v) is 2.82. The van der Waals surface area contributed by atoms with Crippen molar-refractivity contribution in [3.05, 3.63) is 47.7 Å². The van der Waals surface area contributed by atoms with E-state index in [1.165, 1.54) is 24.4 Å². The topological polar surface area (TPSA) is 126 Å². The molecule has 1 aliphatic rings. The monoisotopic (exact) mass is 440 g/mol. The van der Waals surface area contributed by atoms with E-state index < -0.39 is 29.0 Å². The molecular formula is C18H21B3F2N6O3. The molecule has 0 radical (unpaired) electrons. The zero-order chi connectivity index (χ0) is 23.5. The number of anilines is 1. The van der Waals surface area contributed by atoms with Crippen LogP contribution in [0.25, 0.3) is 11.1 Å². The van der Waals surface area contributed by atoms with Gasteiger partial charge in [0.1, 0.15) is 36.0 Å². The summed E-state index contributed by atoms with van der Waals surface area (Å²) in [5.74, 6) is -1.72. The number of oxime groups is 1. The van der Waals surface area contributed by atoms with Gasteiger partial charge >= 0.3 is 6.09 Å². The lowest BCUT2D eigenvalue weighted by atomic mass is 9.52. The van der Waals surface area contributed by atoms with E-state index in [2.05, 4.69) is 10.1 Å². The van der Waals surface area contributed by atoms with Gasteiger partial charge in [-0.05, 0) is 6.07 Å². The first-order valence-electron chi connectivity index (χ1n) is 9.73. The highest BCUT2D eigenvalue weighted by Crippen LogP contribution is 2.29. The van der Waals surface area contributed by atoms with Crippen LogP contribution in [0.2, 0.25) is 0 Å². The molecule has 1 amide bonds. The van der Waals surface area contributed by atoms with Crippen LogP contribution >= 0.6 is 0 Å². The Morgan fingerprint density at radius 2 is 2.06 bits per heavy atom. The lowest BCUT2D eigenvalue weighted by molar-refractivity contribution is 0.137. The van der Waals surface area contributed by atoms with Crippen LogP contribution < -0.4 is 16.0 Å². The number of hydrogen-bond acceptors (Lipinski definition) is 7. The predicted molar refractivity (Wildman–Crippen MR) is 124 cm³/mol. The van der Waals surface area contributed by atoms with E-state index in [1.807, 2.05) is 28.9 Å². The lowest BCUT2D eigenvalue weighted by Crippen LogP contribution is -2.49. The summed E-state index contributed by atoms with van der Waals surface area (Å²) in [7, 11) is 5.65. The van der Waals surface area contributed by atoms with Gasteiger partial charge in [-0.1, -0.05) is 23.4 Å². The number of nitrogens with zero attached hydrogens (tertiary/aromatic N) is 3. The Kier molecular flexibility index (Phi) is 6.71. The van der Waals surface area contributed by atoms with E-state index in [0.29, 0.717) is 13.1 Å². The third kappa shape index (κ3) is 5.77. The molecule has 0 bridgehead atoms. The lowest BCUT2D eigenvalue weighted by Gasteiger charge is -2.34. The molecule has 0 aliphatic carbocycles. The van der Waals surface area contributed by atoms with Crippen LogP contribution in [0.5, 0.6) is 0 Å². The van der Waals surface area contributed by atoms with Crippen molar-refractivity contribution in [2.24, 2.45) is 10.9 Å². The van der Waals surface area contributed by atoms with Gasteiger partial charge in [0, 0.05) is 28.2 Å². The van der Waals surface area contributed by atoms with Crippen LogP contribution in [0.1, 0.15) is 5.56 Å². The molecule has 3 rings (SSSR count). The molecule has 2 heterocycles. The van der Waals surface area contributed by atoms with Crippen molar-refractivity contribution >= 4 is 47.1 Å². The highest BCUT2D eigenvalue weighted by Gasteiger charge is 2.27. The van der Waals surface area contributed by atoms with Crippen LogP contribution in [-0.4, -0.2) is 64.7 Å². The SMILES string of the molecule is BC(B)(B)ON=C1CN(c2ncc(-c3cccc(COC(=O)NC(=N)N)c3F)cc2F)C1. The number of carbonyl (C=O) groups is 1. The first kappa shape index (κ1) is 23.1. The molecule has 14 heteroatoms. The molecule has 1 saturated heterocycles. The van der Waals surface area contributed by atoms with Gasteiger partial charge < -0.3 is 20.2 Å². The second-order valence-corrected chi connectivity index (χ2v) is 8.14. The highest BCUT2D eigenvalue weighted by atomic mass is 19.1. The molecular weight excluding hydrogens is 419 g/mol. The summed E-state index contributed by atoms with van der Waals surface area (Å²) in [5.41, 5.74) is 6.24. The molecule has 0 unspecified atom stereocenters. The fraction of sp³-hybridized carbons (Fsp3) is 0.222. The highest BCUT2D eigenvalue weighted by molar-refractivity contribution is 6.58. The summed E-state index contributed by atoms with van der Waals surface area (Å²) in [5, 5.41) is 12.6. The second-order valence-electron chi connectivity index (χ2n) is 8.14. The summed E-state index contributed by atoms with van der Waals surface area (Å²) >= 11 is 0. The van der Waals surface area contributed by atoms with Crippen LogP contribution in [0, 0.1) is 17.0 Å². The van der Waals surface area contributed by atoms with Crippen molar-refractivity contribution in [1.82, 2.24) is 10.3 Å². The Hall–Kier alpha value is -3.57. The number of benzene rings is 1. The van der Waals surface area contributed by atoms with Gasteiger partial charge in [-0.2, -0.15) is 0 Å². The Labute approximate surface area is 186 Å². The van der Waals surface area contributed by atoms with Gasteiger partial charge in [-0.3, -0.25) is 10.7 Å².